The van der Waals surface area contributed by atoms with Crippen LogP contribution < -0.4 is 21.4 Å². The molecule has 0 saturated carbocycles. The Morgan fingerprint density at radius 3 is 2.03 bits per heavy atom. The van der Waals surface area contributed by atoms with Gasteiger partial charge < -0.3 is 20.7 Å². The van der Waals surface area contributed by atoms with Gasteiger partial charge in [-0.3, -0.25) is 14.8 Å². The molecule has 0 aliphatic carbocycles. The first-order valence-corrected chi connectivity index (χ1v) is 10.9. The molecule has 8 nitrogen and oxygen atoms in total. The number of ether oxygens (including phenoxy) is 1. The number of hydroxylamine groups is 1. The van der Waals surface area contributed by atoms with Crippen LogP contribution in [0.5, 0.6) is 0 Å². The van der Waals surface area contributed by atoms with Gasteiger partial charge >= 0.3 is 0 Å². The number of amides is 2. The van der Waals surface area contributed by atoms with Crippen molar-refractivity contribution in [2.45, 2.75) is 25.4 Å². The van der Waals surface area contributed by atoms with Crippen LogP contribution in [0, 0.1) is 23.7 Å². The molecule has 0 spiro atoms. The number of benzene rings is 2. The van der Waals surface area contributed by atoms with Gasteiger partial charge in [-0.05, 0) is 74.2 Å². The van der Waals surface area contributed by atoms with Gasteiger partial charge in [-0.2, -0.15) is 0 Å². The first-order chi connectivity index (χ1) is 16.3. The number of carbonyl (C=O) groups excluding carboxylic acids is 2. The highest BCUT2D eigenvalue weighted by Gasteiger charge is 2.33. The maximum absolute atomic E-state index is 12.5. The average molecular weight is 461 g/mol. The smallest absolute Gasteiger partial charge is 0.267 e. The molecular weight excluding hydrogens is 432 g/mol. The molecule has 0 unspecified atom stereocenters. The molecule has 1 atom stereocenters. The summed E-state index contributed by atoms with van der Waals surface area (Å²) >= 11 is 0. The van der Waals surface area contributed by atoms with E-state index in [-0.39, 0.29) is 0 Å². The lowest BCUT2D eigenvalue weighted by Gasteiger charge is -2.29. The van der Waals surface area contributed by atoms with Crippen LogP contribution in [0.3, 0.4) is 0 Å². The van der Waals surface area contributed by atoms with Crippen molar-refractivity contribution < 1.29 is 19.5 Å². The van der Waals surface area contributed by atoms with Crippen molar-refractivity contribution in [1.29, 1.82) is 0 Å². The van der Waals surface area contributed by atoms with Crippen LogP contribution in [0.25, 0.3) is 0 Å². The first kappa shape index (κ1) is 24.8. The highest BCUT2D eigenvalue weighted by molar-refractivity contribution is 5.97. The number of morpholine rings is 1. The summed E-state index contributed by atoms with van der Waals surface area (Å²) in [5, 5.41) is 11.4. The molecular formula is C26H28N4O4. The lowest BCUT2D eigenvalue weighted by molar-refractivity contribution is -0.132. The van der Waals surface area contributed by atoms with Crippen LogP contribution >= 0.6 is 0 Å². The maximum Gasteiger partial charge on any atom is 0.267 e. The van der Waals surface area contributed by atoms with Crippen molar-refractivity contribution in [1.82, 2.24) is 10.8 Å². The minimum Gasteiger partial charge on any atom is -0.378 e. The number of anilines is 1. The summed E-state index contributed by atoms with van der Waals surface area (Å²) in [6, 6.07) is 13.5. The topological polar surface area (TPSA) is 117 Å². The zero-order chi connectivity index (χ0) is 24.6. The lowest BCUT2D eigenvalue weighted by atomic mass is 9.95. The zero-order valence-electron chi connectivity index (χ0n) is 19.2. The molecule has 1 aliphatic heterocycles. The molecule has 8 heteroatoms. The van der Waals surface area contributed by atoms with E-state index in [9.17, 15) is 9.59 Å². The van der Waals surface area contributed by atoms with Gasteiger partial charge in [0.15, 0.2) is 0 Å². The van der Waals surface area contributed by atoms with Crippen molar-refractivity contribution in [3.8, 4) is 23.7 Å². The Balaban J connectivity index is 1.59. The van der Waals surface area contributed by atoms with Crippen LogP contribution in [-0.4, -0.2) is 54.9 Å². The van der Waals surface area contributed by atoms with Crippen LogP contribution in [-0.2, 0) is 9.53 Å². The molecule has 0 radical (unpaired) electrons. The predicted octanol–water partition coefficient (Wildman–Crippen LogP) is 1.27. The fourth-order valence-corrected chi connectivity index (χ4v) is 3.36. The summed E-state index contributed by atoms with van der Waals surface area (Å²) in [4.78, 5) is 26.6. The largest absolute Gasteiger partial charge is 0.378 e. The third-order valence-electron chi connectivity index (χ3n) is 5.26. The summed E-state index contributed by atoms with van der Waals surface area (Å²) in [6.07, 6.45) is 0. The summed E-state index contributed by atoms with van der Waals surface area (Å²) < 4.78 is 5.38. The number of nitrogens with zero attached hydrogens (tertiary/aromatic N) is 1. The fourth-order valence-electron chi connectivity index (χ4n) is 3.36. The highest BCUT2D eigenvalue weighted by Crippen LogP contribution is 2.16. The van der Waals surface area contributed by atoms with E-state index in [0.29, 0.717) is 11.1 Å². The van der Waals surface area contributed by atoms with Gasteiger partial charge in [0.05, 0.1) is 13.2 Å². The maximum atomic E-state index is 12.5. The van der Waals surface area contributed by atoms with Gasteiger partial charge in [0.2, 0.25) is 0 Å². The monoisotopic (exact) mass is 460 g/mol. The van der Waals surface area contributed by atoms with Crippen LogP contribution in [0.4, 0.5) is 5.69 Å². The van der Waals surface area contributed by atoms with Gasteiger partial charge in [-0.15, -0.1) is 0 Å². The molecule has 2 aromatic carbocycles. The van der Waals surface area contributed by atoms with Gasteiger partial charge in [-0.1, -0.05) is 11.8 Å². The van der Waals surface area contributed by atoms with E-state index in [4.69, 9.17) is 15.7 Å². The second kappa shape index (κ2) is 11.4. The van der Waals surface area contributed by atoms with Crippen molar-refractivity contribution >= 4 is 17.5 Å². The number of hydrogen-bond acceptors (Lipinski definition) is 6. The summed E-state index contributed by atoms with van der Waals surface area (Å²) in [5.41, 5.74) is 9.44. The first-order valence-electron chi connectivity index (χ1n) is 10.9. The summed E-state index contributed by atoms with van der Waals surface area (Å²) in [5.74, 6) is 10.3. The second-order valence-electron chi connectivity index (χ2n) is 8.43. The van der Waals surface area contributed by atoms with Crippen LogP contribution in [0.15, 0.2) is 48.5 Å². The van der Waals surface area contributed by atoms with E-state index in [1.807, 2.05) is 24.3 Å². The number of carbonyl (C=O) groups is 2. The molecule has 1 aliphatic rings. The van der Waals surface area contributed by atoms with Gasteiger partial charge in [0, 0.05) is 41.0 Å². The number of hydrogen-bond donors (Lipinski definition) is 4. The Labute approximate surface area is 199 Å². The Kier molecular flexibility index (Phi) is 8.29. The third-order valence-corrected chi connectivity index (χ3v) is 5.26. The van der Waals surface area contributed by atoms with Crippen LogP contribution in [0.1, 0.15) is 35.3 Å². The zero-order valence-corrected chi connectivity index (χ0v) is 19.2. The number of nitrogens with two attached hydrogens (primary N) is 1. The van der Waals surface area contributed by atoms with E-state index in [0.717, 1.165) is 37.6 Å². The van der Waals surface area contributed by atoms with Gasteiger partial charge in [0.1, 0.15) is 6.04 Å². The second-order valence-corrected chi connectivity index (χ2v) is 8.43. The molecule has 176 valence electrons. The number of nitrogens with one attached hydrogen (secondary N) is 2. The predicted molar refractivity (Wildman–Crippen MR) is 129 cm³/mol. The van der Waals surface area contributed by atoms with Crippen molar-refractivity contribution in [2.75, 3.05) is 31.2 Å². The Morgan fingerprint density at radius 2 is 1.53 bits per heavy atom. The molecule has 3 rings (SSSR count). The molecule has 2 amide bonds. The van der Waals surface area contributed by atoms with E-state index in [1.165, 1.54) is 5.48 Å². The normalized spacial score (nSPS) is 14.1. The molecule has 34 heavy (non-hydrogen) atoms. The van der Waals surface area contributed by atoms with Crippen LogP contribution in [0.2, 0.25) is 0 Å². The minimum atomic E-state index is -1.11. The Hall–Kier alpha value is -3.82. The molecule has 1 heterocycles. The standard InChI is InChI=1S/C26H28N4O4/c1-26(2,27)23(25(32)29-33)28-24(31)21-11-7-19(8-12-21)5-3-4-6-20-9-13-22(14-10-20)30-15-17-34-18-16-30/h7-14,23,33H,15-18,27H2,1-2H3,(H,28,31)(H,29,32)/t23-/m1/s1. The average Bonchev–Trinajstić information content (AvgIpc) is 2.85. The fraction of sp³-hybridized carbons (Fsp3) is 0.308. The van der Waals surface area contributed by atoms with E-state index in [1.54, 1.807) is 38.1 Å². The van der Waals surface area contributed by atoms with E-state index < -0.39 is 23.4 Å². The van der Waals surface area contributed by atoms with Gasteiger partial charge in [0.25, 0.3) is 11.8 Å². The third kappa shape index (κ3) is 6.84. The van der Waals surface area contributed by atoms with Crippen molar-refractivity contribution in [3.05, 3.63) is 65.2 Å². The summed E-state index contributed by atoms with van der Waals surface area (Å²) in [6.45, 7) is 6.42. The molecule has 0 bridgehead atoms. The highest BCUT2D eigenvalue weighted by atomic mass is 16.5. The molecule has 1 fully saturated rings. The van der Waals surface area contributed by atoms with E-state index in [2.05, 4.69) is 33.9 Å². The molecule has 5 N–H and O–H groups in total. The van der Waals surface area contributed by atoms with Crippen molar-refractivity contribution in [2.24, 2.45) is 5.73 Å². The molecule has 0 aromatic heterocycles. The number of rotatable bonds is 5. The minimum absolute atomic E-state index is 0.331. The Morgan fingerprint density at radius 1 is 1.00 bits per heavy atom. The van der Waals surface area contributed by atoms with Gasteiger partial charge in [-0.25, -0.2) is 5.48 Å². The SMILES string of the molecule is CC(C)(N)[C@H](NC(=O)c1ccc(C#CC#Cc2ccc(N3CCOCC3)cc2)cc1)C(=O)NO. The van der Waals surface area contributed by atoms with Crippen molar-refractivity contribution in [3.63, 3.8) is 0 Å². The quantitative estimate of drug-likeness (QED) is 0.303. The molecule has 2 aromatic rings. The van der Waals surface area contributed by atoms with E-state index >= 15 is 0 Å². The molecule has 1 saturated heterocycles. The lowest BCUT2D eigenvalue weighted by Crippen LogP contribution is -2.61. The Bertz CT molecular complexity index is 1120. The summed E-state index contributed by atoms with van der Waals surface area (Å²) in [7, 11) is 0.